The summed E-state index contributed by atoms with van der Waals surface area (Å²) in [5.74, 6) is 15.0. The van der Waals surface area contributed by atoms with Crippen LogP contribution in [-0.4, -0.2) is 0 Å². The Morgan fingerprint density at radius 2 is 1.35 bits per heavy atom. The van der Waals surface area contributed by atoms with Crippen molar-refractivity contribution in [1.82, 2.24) is 0 Å². The third kappa shape index (κ3) is 7.96. The average molecular weight is 411 g/mol. The van der Waals surface area contributed by atoms with Crippen molar-refractivity contribution in [3.63, 3.8) is 0 Å². The van der Waals surface area contributed by atoms with E-state index in [4.69, 9.17) is 0 Å². The monoisotopic (exact) mass is 410 g/mol. The van der Waals surface area contributed by atoms with Gasteiger partial charge in [0.1, 0.15) is 0 Å². The van der Waals surface area contributed by atoms with Crippen LogP contribution in [0.25, 0.3) is 0 Å². The standard InChI is InChI=1S/C31H38/c1-3-5-6-7-8-9-11-27-18-22-30(23-19-27)31-24-20-29(21-25-31)17-16-28-14-12-26(10-4-2)13-15-28/h12-15,20-21,24-25,27,30H,3-7,10-11,18-19,22-23H2,1-2H3. The normalized spacial score (nSPS) is 17.9. The third-order valence-corrected chi connectivity index (χ3v) is 6.49. The Kier molecular flexibility index (Phi) is 9.80. The first-order chi connectivity index (χ1) is 15.3. The molecule has 1 aliphatic rings. The fourth-order valence-electron chi connectivity index (χ4n) is 4.49. The van der Waals surface area contributed by atoms with E-state index in [0.29, 0.717) is 5.92 Å². The number of aryl methyl sites for hydroxylation is 1. The van der Waals surface area contributed by atoms with Gasteiger partial charge in [-0.15, -0.1) is 11.8 Å². The first kappa shape index (κ1) is 23.2. The lowest BCUT2D eigenvalue weighted by Gasteiger charge is -2.27. The van der Waals surface area contributed by atoms with E-state index in [-0.39, 0.29) is 0 Å². The molecule has 1 fully saturated rings. The van der Waals surface area contributed by atoms with Gasteiger partial charge in [0.2, 0.25) is 0 Å². The van der Waals surface area contributed by atoms with E-state index in [2.05, 4.69) is 86.1 Å². The summed E-state index contributed by atoms with van der Waals surface area (Å²) in [6.07, 6.45) is 13.6. The predicted octanol–water partition coefficient (Wildman–Crippen LogP) is 8.29. The van der Waals surface area contributed by atoms with E-state index in [9.17, 15) is 0 Å². The van der Waals surface area contributed by atoms with Crippen molar-refractivity contribution < 1.29 is 0 Å². The van der Waals surface area contributed by atoms with Gasteiger partial charge in [0.15, 0.2) is 0 Å². The van der Waals surface area contributed by atoms with E-state index >= 15 is 0 Å². The molecule has 0 heteroatoms. The van der Waals surface area contributed by atoms with Crippen LogP contribution in [0.1, 0.15) is 106 Å². The minimum Gasteiger partial charge on any atom is -0.103 e. The van der Waals surface area contributed by atoms with Crippen LogP contribution in [0.15, 0.2) is 48.5 Å². The topological polar surface area (TPSA) is 0 Å². The summed E-state index contributed by atoms with van der Waals surface area (Å²) < 4.78 is 0. The molecule has 0 amide bonds. The van der Waals surface area contributed by atoms with Gasteiger partial charge in [-0.1, -0.05) is 69.2 Å². The molecule has 0 atom stereocenters. The molecule has 0 radical (unpaired) electrons. The smallest absolute Gasteiger partial charge is 0.0249 e. The van der Waals surface area contributed by atoms with Gasteiger partial charge in [0, 0.05) is 24.0 Å². The second kappa shape index (κ2) is 13.1. The summed E-state index contributed by atoms with van der Waals surface area (Å²) >= 11 is 0. The van der Waals surface area contributed by atoms with Crippen molar-refractivity contribution in [1.29, 1.82) is 0 Å². The predicted molar refractivity (Wildman–Crippen MR) is 134 cm³/mol. The molecule has 0 N–H and O–H groups in total. The molecule has 0 saturated heterocycles. The molecular weight excluding hydrogens is 372 g/mol. The second-order valence-electron chi connectivity index (χ2n) is 9.05. The zero-order chi connectivity index (χ0) is 21.7. The Labute approximate surface area is 190 Å². The van der Waals surface area contributed by atoms with Crippen molar-refractivity contribution in [2.75, 3.05) is 0 Å². The fourth-order valence-corrected chi connectivity index (χ4v) is 4.49. The van der Waals surface area contributed by atoms with Crippen molar-refractivity contribution in [2.45, 2.75) is 90.4 Å². The van der Waals surface area contributed by atoms with Gasteiger partial charge in [-0.25, -0.2) is 0 Å². The van der Waals surface area contributed by atoms with Crippen molar-refractivity contribution in [3.05, 3.63) is 70.8 Å². The average Bonchev–Trinajstić information content (AvgIpc) is 2.82. The number of rotatable bonds is 7. The van der Waals surface area contributed by atoms with Crippen LogP contribution < -0.4 is 0 Å². The Hall–Kier alpha value is -2.44. The molecule has 0 spiro atoms. The van der Waals surface area contributed by atoms with Crippen LogP contribution >= 0.6 is 0 Å². The fraction of sp³-hybridized carbons (Fsp3) is 0.484. The van der Waals surface area contributed by atoms with Crippen LogP contribution in [0.5, 0.6) is 0 Å². The number of hydrogen-bond acceptors (Lipinski definition) is 0. The largest absolute Gasteiger partial charge is 0.103 e. The second-order valence-corrected chi connectivity index (χ2v) is 9.05. The summed E-state index contributed by atoms with van der Waals surface area (Å²) in [4.78, 5) is 0. The van der Waals surface area contributed by atoms with Gasteiger partial charge in [0.25, 0.3) is 0 Å². The van der Waals surface area contributed by atoms with E-state index in [1.807, 2.05) is 0 Å². The van der Waals surface area contributed by atoms with E-state index in [1.165, 1.54) is 62.5 Å². The number of hydrogen-bond donors (Lipinski definition) is 0. The molecule has 0 nitrogen and oxygen atoms in total. The molecule has 0 bridgehead atoms. The van der Waals surface area contributed by atoms with Gasteiger partial charge >= 0.3 is 0 Å². The molecule has 0 aromatic heterocycles. The Balaban J connectivity index is 1.46. The lowest BCUT2D eigenvalue weighted by atomic mass is 9.77. The summed E-state index contributed by atoms with van der Waals surface area (Å²) in [6.45, 7) is 4.47. The summed E-state index contributed by atoms with van der Waals surface area (Å²) in [6, 6.07) is 17.7. The van der Waals surface area contributed by atoms with Gasteiger partial charge in [-0.3, -0.25) is 0 Å². The van der Waals surface area contributed by atoms with E-state index in [1.54, 1.807) is 0 Å². The quantitative estimate of drug-likeness (QED) is 0.318. The molecule has 0 heterocycles. The van der Waals surface area contributed by atoms with Gasteiger partial charge < -0.3 is 0 Å². The summed E-state index contributed by atoms with van der Waals surface area (Å²) in [7, 11) is 0. The lowest BCUT2D eigenvalue weighted by molar-refractivity contribution is 0.331. The van der Waals surface area contributed by atoms with Crippen LogP contribution in [-0.2, 0) is 6.42 Å². The van der Waals surface area contributed by atoms with Gasteiger partial charge in [-0.2, -0.15) is 0 Å². The molecule has 0 aliphatic heterocycles. The van der Waals surface area contributed by atoms with Crippen molar-refractivity contribution >= 4 is 0 Å². The zero-order valence-corrected chi connectivity index (χ0v) is 19.6. The number of benzene rings is 2. The first-order valence-corrected chi connectivity index (χ1v) is 12.4. The van der Waals surface area contributed by atoms with Crippen LogP contribution in [0.3, 0.4) is 0 Å². The molecule has 1 saturated carbocycles. The van der Waals surface area contributed by atoms with Crippen LogP contribution in [0, 0.1) is 29.6 Å². The van der Waals surface area contributed by atoms with Gasteiger partial charge in [0.05, 0.1) is 0 Å². The highest BCUT2D eigenvalue weighted by molar-refractivity contribution is 5.44. The SMILES string of the molecule is CCCCCC#CCC1CCC(c2ccc(C#Cc3ccc(CCC)cc3)cc2)CC1. The highest BCUT2D eigenvalue weighted by Crippen LogP contribution is 2.36. The minimum atomic E-state index is 0.710. The van der Waals surface area contributed by atoms with Gasteiger partial charge in [-0.05, 0) is 85.8 Å². The molecule has 1 aliphatic carbocycles. The molecule has 2 aromatic carbocycles. The Morgan fingerprint density at radius 3 is 1.97 bits per heavy atom. The Bertz CT molecular complexity index is 885. The molecule has 0 unspecified atom stereocenters. The molecule has 2 aromatic rings. The van der Waals surface area contributed by atoms with Crippen molar-refractivity contribution in [2.24, 2.45) is 5.92 Å². The Morgan fingerprint density at radius 1 is 0.710 bits per heavy atom. The van der Waals surface area contributed by atoms with Crippen LogP contribution in [0.4, 0.5) is 0 Å². The van der Waals surface area contributed by atoms with E-state index in [0.717, 1.165) is 36.3 Å². The highest BCUT2D eigenvalue weighted by Gasteiger charge is 2.21. The molecule has 162 valence electrons. The maximum Gasteiger partial charge on any atom is 0.0249 e. The minimum absolute atomic E-state index is 0.710. The first-order valence-electron chi connectivity index (χ1n) is 12.4. The maximum absolute atomic E-state index is 3.45. The van der Waals surface area contributed by atoms with Crippen LogP contribution in [0.2, 0.25) is 0 Å². The summed E-state index contributed by atoms with van der Waals surface area (Å²) in [5.41, 5.74) is 5.08. The molecule has 31 heavy (non-hydrogen) atoms. The van der Waals surface area contributed by atoms with Crippen molar-refractivity contribution in [3.8, 4) is 23.7 Å². The maximum atomic E-state index is 3.45. The highest BCUT2D eigenvalue weighted by atomic mass is 14.3. The van der Waals surface area contributed by atoms with E-state index < -0.39 is 0 Å². The summed E-state index contributed by atoms with van der Waals surface area (Å²) in [5, 5.41) is 0. The molecule has 3 rings (SSSR count). The number of unbranched alkanes of at least 4 members (excludes halogenated alkanes) is 3. The zero-order valence-electron chi connectivity index (χ0n) is 19.6. The lowest BCUT2D eigenvalue weighted by Crippen LogP contribution is -2.12. The molecular formula is C31H38. The third-order valence-electron chi connectivity index (χ3n) is 6.49.